The molecule has 1 amide bonds. The molecule has 0 bridgehead atoms. The fourth-order valence-electron chi connectivity index (χ4n) is 3.74. The van der Waals surface area contributed by atoms with Crippen LogP contribution >= 0.6 is 22.9 Å². The Kier molecular flexibility index (Phi) is 5.29. The first-order valence-electron chi connectivity index (χ1n) is 10.1. The molecule has 2 aromatic carbocycles. The van der Waals surface area contributed by atoms with Gasteiger partial charge in [-0.15, -0.1) is 11.3 Å². The molecule has 0 saturated carbocycles. The number of fused-ring (bicyclic) bond motifs is 2. The lowest BCUT2D eigenvalue weighted by Crippen LogP contribution is -2.33. The van der Waals surface area contributed by atoms with E-state index in [0.717, 1.165) is 46.1 Å². The fraction of sp³-hybridized carbons (Fsp3) is 0.217. The van der Waals surface area contributed by atoms with Crippen LogP contribution in [0.5, 0.6) is 0 Å². The fourth-order valence-corrected chi connectivity index (χ4v) is 4.88. The van der Waals surface area contributed by atoms with Gasteiger partial charge in [-0.2, -0.15) is 0 Å². The molecule has 0 spiro atoms. The van der Waals surface area contributed by atoms with Crippen molar-refractivity contribution in [3.8, 4) is 10.6 Å². The van der Waals surface area contributed by atoms with E-state index in [9.17, 15) is 4.79 Å². The molecular formula is C23H20ClN5OS. The van der Waals surface area contributed by atoms with Gasteiger partial charge in [-0.1, -0.05) is 41.9 Å². The highest BCUT2D eigenvalue weighted by molar-refractivity contribution is 7.13. The zero-order valence-electron chi connectivity index (χ0n) is 17.0. The topological polar surface area (TPSA) is 62.2 Å². The van der Waals surface area contributed by atoms with Crippen LogP contribution in [0.2, 0.25) is 5.02 Å². The van der Waals surface area contributed by atoms with Crippen molar-refractivity contribution in [3.63, 3.8) is 0 Å². The summed E-state index contributed by atoms with van der Waals surface area (Å²) in [5, 5.41) is 3.39. The number of hydrogen-bond acceptors (Lipinski definition) is 6. The van der Waals surface area contributed by atoms with Gasteiger partial charge in [0.05, 0.1) is 28.2 Å². The van der Waals surface area contributed by atoms with Gasteiger partial charge < -0.3 is 4.90 Å². The van der Waals surface area contributed by atoms with Crippen LogP contribution in [0, 0.1) is 0 Å². The van der Waals surface area contributed by atoms with Crippen molar-refractivity contribution in [2.24, 2.45) is 0 Å². The van der Waals surface area contributed by atoms with Gasteiger partial charge in [0.25, 0.3) is 0 Å². The van der Waals surface area contributed by atoms with Gasteiger partial charge in [-0.05, 0) is 24.6 Å². The first-order valence-corrected chi connectivity index (χ1v) is 11.3. The maximum Gasteiger partial charge on any atom is 0.234 e. The molecule has 31 heavy (non-hydrogen) atoms. The first kappa shape index (κ1) is 19.9. The Labute approximate surface area is 189 Å². The first-order chi connectivity index (χ1) is 15.1. The van der Waals surface area contributed by atoms with Gasteiger partial charge in [0.15, 0.2) is 11.6 Å². The summed E-state index contributed by atoms with van der Waals surface area (Å²) in [6.07, 6.45) is 1.05. The molecule has 0 aliphatic carbocycles. The molecule has 3 heterocycles. The molecule has 0 fully saturated rings. The molecule has 6 nitrogen and oxygen atoms in total. The maximum absolute atomic E-state index is 13.3. The summed E-state index contributed by atoms with van der Waals surface area (Å²) < 4.78 is 0. The number of carbonyl (C=O) groups is 1. The van der Waals surface area contributed by atoms with Gasteiger partial charge in [-0.25, -0.2) is 15.0 Å². The van der Waals surface area contributed by atoms with Gasteiger partial charge in [-0.3, -0.25) is 9.69 Å². The SMILES string of the molecule is CN1CCCN(C(=O)Cc2csc(-c3ccccc3Cl)n2)c2nc3ccccc3nc21. The highest BCUT2D eigenvalue weighted by atomic mass is 35.5. The second-order valence-electron chi connectivity index (χ2n) is 7.48. The Balaban J connectivity index is 1.45. The third kappa shape index (κ3) is 3.86. The van der Waals surface area contributed by atoms with Crippen molar-refractivity contribution in [1.29, 1.82) is 0 Å². The van der Waals surface area contributed by atoms with Crippen molar-refractivity contribution in [1.82, 2.24) is 15.0 Å². The molecule has 8 heteroatoms. The Morgan fingerprint density at radius 2 is 1.71 bits per heavy atom. The third-order valence-electron chi connectivity index (χ3n) is 5.32. The predicted molar refractivity (Wildman–Crippen MR) is 126 cm³/mol. The summed E-state index contributed by atoms with van der Waals surface area (Å²) in [7, 11) is 1.99. The lowest BCUT2D eigenvalue weighted by atomic mass is 10.2. The maximum atomic E-state index is 13.3. The number of hydrogen-bond donors (Lipinski definition) is 0. The van der Waals surface area contributed by atoms with Crippen molar-refractivity contribution in [3.05, 3.63) is 64.6 Å². The lowest BCUT2D eigenvalue weighted by molar-refractivity contribution is -0.118. The summed E-state index contributed by atoms with van der Waals surface area (Å²) in [6, 6.07) is 15.4. The summed E-state index contributed by atoms with van der Waals surface area (Å²) in [4.78, 5) is 31.4. The standard InChI is InChI=1S/C23H20ClN5OS/c1-28-11-6-12-29(22-21(28)26-18-9-4-5-10-19(18)27-22)20(30)13-15-14-31-23(25-15)16-7-2-3-8-17(16)24/h2-5,7-10,14H,6,11-13H2,1H3. The number of nitrogens with zero attached hydrogens (tertiary/aromatic N) is 5. The molecule has 1 aliphatic heterocycles. The van der Waals surface area contributed by atoms with E-state index in [1.807, 2.05) is 61.0 Å². The lowest BCUT2D eigenvalue weighted by Gasteiger charge is -2.22. The number of thiazole rings is 1. The second kappa shape index (κ2) is 8.24. The predicted octanol–water partition coefficient (Wildman–Crippen LogP) is 4.82. The molecule has 0 atom stereocenters. The monoisotopic (exact) mass is 449 g/mol. The molecule has 5 rings (SSSR count). The van der Waals surface area contributed by atoms with Crippen molar-refractivity contribution < 1.29 is 4.79 Å². The number of benzene rings is 2. The summed E-state index contributed by atoms with van der Waals surface area (Å²) in [5.74, 6) is 1.32. The molecule has 4 aromatic rings. The average molecular weight is 450 g/mol. The number of halogens is 1. The van der Waals surface area contributed by atoms with Crippen LogP contribution in [0.15, 0.2) is 53.9 Å². The van der Waals surface area contributed by atoms with Gasteiger partial charge in [0.1, 0.15) is 5.01 Å². The van der Waals surface area contributed by atoms with E-state index >= 15 is 0 Å². The Morgan fingerprint density at radius 1 is 1.00 bits per heavy atom. The number of carbonyl (C=O) groups excluding carboxylic acids is 1. The zero-order chi connectivity index (χ0) is 21.4. The number of amides is 1. The smallest absolute Gasteiger partial charge is 0.234 e. The van der Waals surface area contributed by atoms with Crippen molar-refractivity contribution >= 4 is 51.5 Å². The van der Waals surface area contributed by atoms with E-state index in [0.29, 0.717) is 17.4 Å². The quantitative estimate of drug-likeness (QED) is 0.448. The highest BCUT2D eigenvalue weighted by Gasteiger charge is 2.27. The summed E-state index contributed by atoms with van der Waals surface area (Å²) in [5.41, 5.74) is 3.22. The summed E-state index contributed by atoms with van der Waals surface area (Å²) in [6.45, 7) is 1.42. The molecule has 1 aliphatic rings. The molecule has 0 radical (unpaired) electrons. The van der Waals surface area contributed by atoms with Crippen LogP contribution in [-0.4, -0.2) is 41.0 Å². The number of aromatic nitrogens is 3. The van der Waals surface area contributed by atoms with Crippen LogP contribution in [0.4, 0.5) is 11.6 Å². The molecule has 0 N–H and O–H groups in total. The minimum Gasteiger partial charge on any atom is -0.357 e. The zero-order valence-corrected chi connectivity index (χ0v) is 18.5. The van der Waals surface area contributed by atoms with Gasteiger partial charge in [0, 0.05) is 31.1 Å². The molecule has 156 valence electrons. The Bertz CT molecular complexity index is 1270. The molecule has 0 saturated heterocycles. The number of para-hydroxylation sites is 2. The van der Waals surface area contributed by atoms with Crippen LogP contribution in [-0.2, 0) is 11.2 Å². The van der Waals surface area contributed by atoms with Crippen LogP contribution in [0.25, 0.3) is 21.6 Å². The van der Waals surface area contributed by atoms with E-state index < -0.39 is 0 Å². The minimum absolute atomic E-state index is 0.0304. The molecule has 0 unspecified atom stereocenters. The van der Waals surface area contributed by atoms with Crippen molar-refractivity contribution in [2.75, 3.05) is 29.9 Å². The molecule has 2 aromatic heterocycles. The van der Waals surface area contributed by atoms with E-state index in [2.05, 4.69) is 9.88 Å². The van der Waals surface area contributed by atoms with Crippen molar-refractivity contribution in [2.45, 2.75) is 12.8 Å². The average Bonchev–Trinajstić information content (AvgIpc) is 3.17. The van der Waals surface area contributed by atoms with E-state index in [-0.39, 0.29) is 12.3 Å². The van der Waals surface area contributed by atoms with E-state index in [1.165, 1.54) is 11.3 Å². The van der Waals surface area contributed by atoms with Crippen LogP contribution < -0.4 is 9.80 Å². The largest absolute Gasteiger partial charge is 0.357 e. The Morgan fingerprint density at radius 3 is 2.48 bits per heavy atom. The van der Waals surface area contributed by atoms with Crippen LogP contribution in [0.1, 0.15) is 12.1 Å². The number of rotatable bonds is 3. The minimum atomic E-state index is -0.0304. The van der Waals surface area contributed by atoms with E-state index in [1.54, 1.807) is 4.90 Å². The Hall–Kier alpha value is -3.03. The third-order valence-corrected chi connectivity index (χ3v) is 6.57. The van der Waals surface area contributed by atoms with Gasteiger partial charge >= 0.3 is 0 Å². The van der Waals surface area contributed by atoms with E-state index in [4.69, 9.17) is 21.6 Å². The van der Waals surface area contributed by atoms with Crippen LogP contribution in [0.3, 0.4) is 0 Å². The summed E-state index contributed by atoms with van der Waals surface area (Å²) >= 11 is 7.80. The molecular weight excluding hydrogens is 430 g/mol. The number of anilines is 2. The second-order valence-corrected chi connectivity index (χ2v) is 8.75. The highest BCUT2D eigenvalue weighted by Crippen LogP contribution is 2.32. The van der Waals surface area contributed by atoms with Gasteiger partial charge in [0.2, 0.25) is 5.91 Å². The normalized spacial score (nSPS) is 13.9.